The van der Waals surface area contributed by atoms with E-state index in [-0.39, 0.29) is 18.4 Å². The zero-order valence-electron chi connectivity index (χ0n) is 11.1. The van der Waals surface area contributed by atoms with E-state index in [0.29, 0.717) is 11.4 Å². The van der Waals surface area contributed by atoms with Gasteiger partial charge >= 0.3 is 0 Å². The first-order valence-electron chi connectivity index (χ1n) is 6.32. The predicted octanol–water partition coefficient (Wildman–Crippen LogP) is 1.50. The maximum Gasteiger partial charge on any atom is 0.267 e. The number of nitrogens with two attached hydrogens (primary N) is 1. The van der Waals surface area contributed by atoms with Gasteiger partial charge in [-0.25, -0.2) is 0 Å². The Morgan fingerprint density at radius 1 is 1.47 bits per heavy atom. The molecular formula is C14H19N3O2. The van der Waals surface area contributed by atoms with Crippen LogP contribution >= 0.6 is 0 Å². The van der Waals surface area contributed by atoms with Crippen molar-refractivity contribution >= 4 is 22.5 Å². The summed E-state index contributed by atoms with van der Waals surface area (Å²) in [4.78, 5) is 15.0. The van der Waals surface area contributed by atoms with Gasteiger partial charge < -0.3 is 21.1 Å². The molecular weight excluding hydrogens is 242 g/mol. The van der Waals surface area contributed by atoms with Gasteiger partial charge in [-0.2, -0.15) is 0 Å². The minimum Gasteiger partial charge on any atom is -0.397 e. The quantitative estimate of drug-likeness (QED) is 0.628. The molecule has 0 aliphatic rings. The number of fused-ring (bicyclic) bond motifs is 1. The summed E-state index contributed by atoms with van der Waals surface area (Å²) in [5.74, 6) is -0.131. The Hall–Kier alpha value is -2.01. The Kier molecular flexibility index (Phi) is 3.76. The number of anilines is 1. The van der Waals surface area contributed by atoms with Crippen molar-refractivity contribution in [3.63, 3.8) is 0 Å². The zero-order valence-corrected chi connectivity index (χ0v) is 11.1. The van der Waals surface area contributed by atoms with Crippen LogP contribution in [-0.4, -0.2) is 28.6 Å². The third kappa shape index (κ3) is 2.88. The molecule has 5 heteroatoms. The van der Waals surface area contributed by atoms with E-state index in [1.807, 2.05) is 26.0 Å². The first-order valence-corrected chi connectivity index (χ1v) is 6.32. The fourth-order valence-corrected chi connectivity index (χ4v) is 1.83. The molecule has 0 bridgehead atoms. The zero-order chi connectivity index (χ0) is 14.0. The highest BCUT2D eigenvalue weighted by Crippen LogP contribution is 2.20. The van der Waals surface area contributed by atoms with Gasteiger partial charge in [0.25, 0.3) is 5.91 Å². The highest BCUT2D eigenvalue weighted by molar-refractivity contribution is 6.00. The molecule has 1 aromatic carbocycles. The molecule has 5 nitrogen and oxygen atoms in total. The Morgan fingerprint density at radius 3 is 2.84 bits per heavy atom. The molecule has 1 aromatic heterocycles. The van der Waals surface area contributed by atoms with Crippen LogP contribution < -0.4 is 11.1 Å². The molecule has 2 rings (SSSR count). The van der Waals surface area contributed by atoms with Crippen LogP contribution in [0.25, 0.3) is 10.9 Å². The van der Waals surface area contributed by atoms with Crippen LogP contribution in [-0.2, 0) is 0 Å². The lowest BCUT2D eigenvalue weighted by Crippen LogP contribution is -2.34. The molecule has 1 unspecified atom stereocenters. The lowest BCUT2D eigenvalue weighted by Gasteiger charge is -2.14. The maximum atomic E-state index is 12.0. The minimum atomic E-state index is -0.543. The van der Waals surface area contributed by atoms with Crippen LogP contribution in [0.3, 0.4) is 0 Å². The second-order valence-electron chi connectivity index (χ2n) is 5.02. The number of H-pyrrole nitrogens is 1. The average molecular weight is 261 g/mol. The molecule has 0 saturated carbocycles. The third-order valence-corrected chi connectivity index (χ3v) is 3.17. The van der Waals surface area contributed by atoms with Gasteiger partial charge in [-0.05, 0) is 18.1 Å². The largest absolute Gasteiger partial charge is 0.397 e. The van der Waals surface area contributed by atoms with Gasteiger partial charge in [-0.1, -0.05) is 26.0 Å². The third-order valence-electron chi connectivity index (χ3n) is 3.17. The minimum absolute atomic E-state index is 0.110. The molecule has 0 radical (unpaired) electrons. The number of aliphatic hydroxyl groups is 1. The van der Waals surface area contributed by atoms with Gasteiger partial charge in [0.2, 0.25) is 0 Å². The molecule has 2 aromatic rings. The smallest absolute Gasteiger partial charge is 0.267 e. The molecule has 5 N–H and O–H groups in total. The molecule has 0 fully saturated rings. The van der Waals surface area contributed by atoms with Crippen LogP contribution in [0.4, 0.5) is 5.69 Å². The van der Waals surface area contributed by atoms with E-state index >= 15 is 0 Å². The highest BCUT2D eigenvalue weighted by Gasteiger charge is 2.14. The molecule has 1 heterocycles. The number of carbonyl (C=O) groups is 1. The first kappa shape index (κ1) is 13.4. The van der Waals surface area contributed by atoms with E-state index in [1.165, 1.54) is 0 Å². The number of carbonyl (C=O) groups excluding carboxylic acids is 1. The van der Waals surface area contributed by atoms with E-state index < -0.39 is 6.10 Å². The van der Waals surface area contributed by atoms with E-state index in [2.05, 4.69) is 10.3 Å². The van der Waals surface area contributed by atoms with Crippen molar-refractivity contribution in [3.8, 4) is 0 Å². The summed E-state index contributed by atoms with van der Waals surface area (Å²) in [6.45, 7) is 4.04. The fourth-order valence-electron chi connectivity index (χ4n) is 1.83. The predicted molar refractivity (Wildman–Crippen MR) is 75.9 cm³/mol. The topological polar surface area (TPSA) is 91.1 Å². The normalized spacial score (nSPS) is 12.8. The summed E-state index contributed by atoms with van der Waals surface area (Å²) < 4.78 is 0. The number of hydrogen-bond donors (Lipinski definition) is 4. The van der Waals surface area contributed by atoms with Gasteiger partial charge in [0.15, 0.2) is 0 Å². The van der Waals surface area contributed by atoms with E-state index in [4.69, 9.17) is 5.73 Å². The number of aromatic nitrogens is 1. The van der Waals surface area contributed by atoms with Crippen molar-refractivity contribution in [3.05, 3.63) is 30.0 Å². The van der Waals surface area contributed by atoms with E-state index in [9.17, 15) is 9.90 Å². The number of hydrogen-bond acceptors (Lipinski definition) is 3. The number of nitrogens with one attached hydrogen (secondary N) is 2. The SMILES string of the molecule is CC(C)C(O)CNC(=O)c1cc2cccc(N)c2[nH]1. The molecule has 0 saturated heterocycles. The lowest BCUT2D eigenvalue weighted by atomic mass is 10.1. The maximum absolute atomic E-state index is 12.0. The number of benzene rings is 1. The van der Waals surface area contributed by atoms with Gasteiger partial charge in [-0.3, -0.25) is 4.79 Å². The summed E-state index contributed by atoms with van der Waals surface area (Å²) in [7, 11) is 0. The second-order valence-corrected chi connectivity index (χ2v) is 5.02. The summed E-state index contributed by atoms with van der Waals surface area (Å²) in [5.41, 5.74) is 7.65. The summed E-state index contributed by atoms with van der Waals surface area (Å²) >= 11 is 0. The van der Waals surface area contributed by atoms with Crippen LogP contribution in [0.15, 0.2) is 24.3 Å². The number of rotatable bonds is 4. The van der Waals surface area contributed by atoms with Gasteiger partial charge in [-0.15, -0.1) is 0 Å². The van der Waals surface area contributed by atoms with Crippen molar-refractivity contribution < 1.29 is 9.90 Å². The first-order chi connectivity index (χ1) is 8.99. The van der Waals surface area contributed by atoms with Crippen molar-refractivity contribution in [2.24, 2.45) is 5.92 Å². The molecule has 0 spiro atoms. The summed E-state index contributed by atoms with van der Waals surface area (Å²) in [6, 6.07) is 7.27. The van der Waals surface area contributed by atoms with Crippen LogP contribution in [0.2, 0.25) is 0 Å². The number of aromatic amines is 1. The number of aliphatic hydroxyl groups excluding tert-OH is 1. The van der Waals surface area contributed by atoms with Crippen molar-refractivity contribution in [1.29, 1.82) is 0 Å². The van der Waals surface area contributed by atoms with Gasteiger partial charge in [0.05, 0.1) is 17.3 Å². The fraction of sp³-hybridized carbons (Fsp3) is 0.357. The van der Waals surface area contributed by atoms with Gasteiger partial charge in [0.1, 0.15) is 5.69 Å². The number of para-hydroxylation sites is 1. The summed E-state index contributed by atoms with van der Waals surface area (Å²) in [5, 5.41) is 13.3. The number of amides is 1. The highest BCUT2D eigenvalue weighted by atomic mass is 16.3. The standard InChI is InChI=1S/C14H19N3O2/c1-8(2)12(18)7-16-14(19)11-6-9-4-3-5-10(15)13(9)17-11/h3-6,8,12,17-18H,7,15H2,1-2H3,(H,16,19). The van der Waals surface area contributed by atoms with E-state index in [1.54, 1.807) is 12.1 Å². The van der Waals surface area contributed by atoms with Gasteiger partial charge in [0, 0.05) is 11.9 Å². The van der Waals surface area contributed by atoms with Crippen molar-refractivity contribution in [1.82, 2.24) is 10.3 Å². The van der Waals surface area contributed by atoms with Crippen LogP contribution in [0, 0.1) is 5.92 Å². The van der Waals surface area contributed by atoms with Crippen molar-refractivity contribution in [2.45, 2.75) is 20.0 Å². The van der Waals surface area contributed by atoms with Crippen LogP contribution in [0.1, 0.15) is 24.3 Å². The van der Waals surface area contributed by atoms with E-state index in [0.717, 1.165) is 10.9 Å². The molecule has 0 aliphatic heterocycles. The Bertz CT molecular complexity index is 589. The molecule has 1 atom stereocenters. The monoisotopic (exact) mass is 261 g/mol. The number of nitrogen functional groups attached to an aromatic ring is 1. The van der Waals surface area contributed by atoms with Crippen LogP contribution in [0.5, 0.6) is 0 Å². The second kappa shape index (κ2) is 5.32. The molecule has 1 amide bonds. The Labute approximate surface area is 111 Å². The molecule has 19 heavy (non-hydrogen) atoms. The molecule has 102 valence electrons. The molecule has 0 aliphatic carbocycles. The Morgan fingerprint density at radius 2 is 2.21 bits per heavy atom. The summed E-state index contributed by atoms with van der Waals surface area (Å²) in [6.07, 6.45) is -0.543. The average Bonchev–Trinajstić information content (AvgIpc) is 2.80. The van der Waals surface area contributed by atoms with Crippen molar-refractivity contribution in [2.75, 3.05) is 12.3 Å². The lowest BCUT2D eigenvalue weighted by molar-refractivity contribution is 0.0868. The Balaban J connectivity index is 2.12.